The summed E-state index contributed by atoms with van der Waals surface area (Å²) in [5.74, 6) is 0.322. The summed E-state index contributed by atoms with van der Waals surface area (Å²) in [5.41, 5.74) is 1.40. The van der Waals surface area contributed by atoms with Crippen LogP contribution in [0.1, 0.15) is 127 Å². The van der Waals surface area contributed by atoms with Gasteiger partial charge in [-0.3, -0.25) is 13.8 Å². The molecule has 0 aliphatic carbocycles. The number of quaternary nitrogens is 1. The van der Waals surface area contributed by atoms with Gasteiger partial charge in [0.15, 0.2) is 0 Å². The average Bonchev–Trinajstić information content (AvgIpc) is 3.19. The van der Waals surface area contributed by atoms with Crippen LogP contribution in [-0.2, 0) is 33.5 Å². The van der Waals surface area contributed by atoms with Crippen molar-refractivity contribution >= 4 is 13.8 Å². The zero-order valence-corrected chi connectivity index (χ0v) is 37.2. The summed E-state index contributed by atoms with van der Waals surface area (Å²) in [7, 11) is 1.43. The Labute approximate surface area is 350 Å². The van der Waals surface area contributed by atoms with Crippen molar-refractivity contribution in [2.24, 2.45) is 0 Å². The molecule has 0 bridgehead atoms. The van der Waals surface area contributed by atoms with E-state index in [1.807, 2.05) is 120 Å². The van der Waals surface area contributed by atoms with Crippen LogP contribution in [0.4, 0.5) is 0 Å². The van der Waals surface area contributed by atoms with Crippen molar-refractivity contribution in [1.29, 1.82) is 0 Å². The van der Waals surface area contributed by atoms with E-state index >= 15 is 0 Å². The van der Waals surface area contributed by atoms with Crippen molar-refractivity contribution in [2.75, 3.05) is 47.5 Å². The van der Waals surface area contributed by atoms with Crippen molar-refractivity contribution in [1.82, 2.24) is 0 Å². The molecule has 0 saturated heterocycles. The quantitative estimate of drug-likeness (QED) is 0.0171. The standard InChI is InChI=1S/C48H72NO8P/c1-7-8-9-10-11-12-13-14-15-16-17-18-19-20-27-32-47(50)57-46(40-55-58(51,52)54-38-37-49(4,5)6)39-53-48(42-28-23-21-24-29-42,43-30-25-22-26-31-43)44-33-35-45(36-34-44)56-41(2)3/h14-15,21-26,28-31,33-36,41,46H,7-13,16-20,27,32,37-40H2,1-6H3/p+1/t46-/m1/s1. The van der Waals surface area contributed by atoms with Gasteiger partial charge in [-0.15, -0.1) is 0 Å². The van der Waals surface area contributed by atoms with Crippen molar-refractivity contribution in [3.63, 3.8) is 0 Å². The highest BCUT2D eigenvalue weighted by molar-refractivity contribution is 7.47. The molecule has 0 fully saturated rings. The maximum absolute atomic E-state index is 13.3. The zero-order chi connectivity index (χ0) is 42.1. The highest BCUT2D eigenvalue weighted by Crippen LogP contribution is 2.44. The first kappa shape index (κ1) is 49.1. The monoisotopic (exact) mass is 823 g/mol. The van der Waals surface area contributed by atoms with Gasteiger partial charge in [0.1, 0.15) is 30.6 Å². The third-order valence-corrected chi connectivity index (χ3v) is 10.8. The van der Waals surface area contributed by atoms with Gasteiger partial charge in [0.25, 0.3) is 0 Å². The summed E-state index contributed by atoms with van der Waals surface area (Å²) in [5, 5.41) is 0. The van der Waals surface area contributed by atoms with Gasteiger partial charge in [-0.2, -0.15) is 0 Å². The van der Waals surface area contributed by atoms with Crippen LogP contribution in [0.2, 0.25) is 0 Å². The van der Waals surface area contributed by atoms with E-state index in [4.69, 9.17) is 23.3 Å². The van der Waals surface area contributed by atoms with Gasteiger partial charge in [0.05, 0.1) is 40.5 Å². The summed E-state index contributed by atoms with van der Waals surface area (Å²) < 4.78 is 43.2. The Morgan fingerprint density at radius 1 is 0.707 bits per heavy atom. The van der Waals surface area contributed by atoms with Crippen molar-refractivity contribution < 1.29 is 42.0 Å². The number of esters is 1. The number of hydrogen-bond donors (Lipinski definition) is 1. The first-order valence-corrected chi connectivity index (χ1v) is 23.1. The molecular weight excluding hydrogens is 750 g/mol. The number of nitrogens with zero attached hydrogens (tertiary/aromatic N) is 1. The lowest BCUT2D eigenvalue weighted by Crippen LogP contribution is -2.38. The minimum atomic E-state index is -4.46. The molecule has 0 spiro atoms. The molecule has 0 amide bonds. The molecule has 3 aromatic carbocycles. The Bertz CT molecular complexity index is 1570. The topological polar surface area (TPSA) is 101 Å². The Balaban J connectivity index is 1.70. The number of unbranched alkanes of at least 4 members (excludes halogenated alkanes) is 11. The van der Waals surface area contributed by atoms with Gasteiger partial charge in [-0.1, -0.05) is 143 Å². The van der Waals surface area contributed by atoms with Crippen molar-refractivity contribution in [3.05, 3.63) is 114 Å². The maximum Gasteiger partial charge on any atom is 0.472 e. The number of likely N-dealkylation sites (N-methyl/N-ethyl adjacent to an activating group) is 1. The third-order valence-electron chi connectivity index (χ3n) is 9.86. The number of carbonyl (C=O) groups excluding carboxylic acids is 1. The van der Waals surface area contributed by atoms with Crippen LogP contribution < -0.4 is 4.74 Å². The summed E-state index contributed by atoms with van der Waals surface area (Å²) in [4.78, 5) is 23.9. The molecule has 0 radical (unpaired) electrons. The first-order valence-electron chi connectivity index (χ1n) is 21.6. The van der Waals surface area contributed by atoms with Gasteiger partial charge >= 0.3 is 13.8 Å². The van der Waals surface area contributed by atoms with Gasteiger partial charge in [-0.05, 0) is 74.8 Å². The third kappa shape index (κ3) is 19.2. The molecule has 1 N–H and O–H groups in total. The van der Waals surface area contributed by atoms with Crippen LogP contribution >= 0.6 is 7.82 Å². The molecule has 3 aromatic rings. The van der Waals surface area contributed by atoms with E-state index < -0.39 is 32.1 Å². The van der Waals surface area contributed by atoms with Crippen LogP contribution in [0, 0.1) is 0 Å². The molecule has 0 aromatic heterocycles. The number of hydrogen-bond acceptors (Lipinski definition) is 7. The summed E-state index contributed by atoms with van der Waals surface area (Å²) in [6.45, 7) is 6.22. The smallest absolute Gasteiger partial charge is 0.472 e. The van der Waals surface area contributed by atoms with Crippen LogP contribution in [-0.4, -0.2) is 75.1 Å². The highest BCUT2D eigenvalue weighted by Gasteiger charge is 2.39. The second kappa shape index (κ2) is 26.7. The lowest BCUT2D eigenvalue weighted by Gasteiger charge is -2.37. The number of allylic oxidation sites excluding steroid dienone is 2. The van der Waals surface area contributed by atoms with Crippen LogP contribution in [0.3, 0.4) is 0 Å². The zero-order valence-electron chi connectivity index (χ0n) is 36.3. The van der Waals surface area contributed by atoms with Gasteiger partial charge in [-0.25, -0.2) is 4.57 Å². The van der Waals surface area contributed by atoms with Gasteiger partial charge < -0.3 is 23.6 Å². The molecule has 0 aliphatic heterocycles. The Kier molecular flexibility index (Phi) is 22.6. The van der Waals surface area contributed by atoms with E-state index in [9.17, 15) is 14.3 Å². The van der Waals surface area contributed by atoms with E-state index in [2.05, 4.69) is 19.1 Å². The molecule has 2 atom stereocenters. The molecule has 0 saturated carbocycles. The molecule has 0 aliphatic rings. The molecule has 1 unspecified atom stereocenters. The molecule has 58 heavy (non-hydrogen) atoms. The summed E-state index contributed by atoms with van der Waals surface area (Å²) in [6, 6.07) is 27.5. The van der Waals surface area contributed by atoms with Crippen molar-refractivity contribution in [3.8, 4) is 5.75 Å². The lowest BCUT2D eigenvalue weighted by molar-refractivity contribution is -0.870. The molecule has 0 heterocycles. The SMILES string of the molecule is CCCCCCCCC=CCCCCCCCC(=O)O[C@H](COC(c1ccccc1)(c1ccccc1)c1ccc(OC(C)C)cc1)COP(=O)(O)OCC[N+](C)(C)C. The largest absolute Gasteiger partial charge is 0.491 e. The van der Waals surface area contributed by atoms with Crippen molar-refractivity contribution in [2.45, 2.75) is 128 Å². The number of phosphoric ester groups is 1. The molecule has 3 rings (SSSR count). The van der Waals surface area contributed by atoms with E-state index in [0.29, 0.717) is 17.4 Å². The van der Waals surface area contributed by atoms with E-state index in [1.54, 1.807) is 0 Å². The minimum absolute atomic E-state index is 0.0105. The van der Waals surface area contributed by atoms with Crippen LogP contribution in [0.5, 0.6) is 5.75 Å². The Morgan fingerprint density at radius 2 is 1.22 bits per heavy atom. The van der Waals surface area contributed by atoms with E-state index in [-0.39, 0.29) is 25.7 Å². The normalized spacial score (nSPS) is 13.8. The summed E-state index contributed by atoms with van der Waals surface area (Å²) in [6.07, 6.45) is 19.0. The van der Waals surface area contributed by atoms with E-state index in [0.717, 1.165) is 54.5 Å². The number of ether oxygens (including phenoxy) is 3. The maximum atomic E-state index is 13.3. The number of benzene rings is 3. The number of carbonyl (C=O) groups is 1. The van der Waals surface area contributed by atoms with E-state index in [1.165, 1.54) is 44.9 Å². The van der Waals surface area contributed by atoms with Gasteiger partial charge in [0.2, 0.25) is 0 Å². The molecule has 322 valence electrons. The second-order valence-electron chi connectivity index (χ2n) is 16.5. The summed E-state index contributed by atoms with van der Waals surface area (Å²) >= 11 is 0. The van der Waals surface area contributed by atoms with Crippen LogP contribution in [0.25, 0.3) is 0 Å². The Hall–Kier alpha value is -3.30. The first-order chi connectivity index (χ1) is 27.8. The molecule has 9 nitrogen and oxygen atoms in total. The average molecular weight is 823 g/mol. The molecule has 10 heteroatoms. The number of rotatable bonds is 31. The second-order valence-corrected chi connectivity index (χ2v) is 17.9. The fourth-order valence-electron chi connectivity index (χ4n) is 6.70. The predicted molar refractivity (Wildman–Crippen MR) is 235 cm³/mol. The minimum Gasteiger partial charge on any atom is -0.491 e. The predicted octanol–water partition coefficient (Wildman–Crippen LogP) is 11.6. The Morgan fingerprint density at radius 3 is 1.76 bits per heavy atom. The fraction of sp³-hybridized carbons (Fsp3) is 0.562. The highest BCUT2D eigenvalue weighted by atomic mass is 31.2. The fourth-order valence-corrected chi connectivity index (χ4v) is 7.44. The lowest BCUT2D eigenvalue weighted by atomic mass is 9.80. The number of phosphoric acid groups is 1. The van der Waals surface area contributed by atoms with Crippen LogP contribution in [0.15, 0.2) is 97.1 Å². The van der Waals surface area contributed by atoms with Gasteiger partial charge in [0, 0.05) is 6.42 Å². The molecular formula is C48H73NO8P+.